The summed E-state index contributed by atoms with van der Waals surface area (Å²) in [6, 6.07) is 0. The molecule has 3 nitrogen and oxygen atoms in total. The van der Waals surface area contributed by atoms with Crippen molar-refractivity contribution in [3.05, 3.63) is 0 Å². The highest BCUT2D eigenvalue weighted by Gasteiger charge is 2.23. The minimum Gasteiger partial charge on any atom is -0.467 e. The van der Waals surface area contributed by atoms with E-state index in [9.17, 15) is 4.79 Å². The van der Waals surface area contributed by atoms with Crippen LogP contribution in [0.5, 0.6) is 0 Å². The predicted molar refractivity (Wildman–Crippen MR) is 40.8 cm³/mol. The lowest BCUT2D eigenvalue weighted by atomic mass is 10.4. The normalized spacial score (nSPS) is 15.1. The van der Waals surface area contributed by atoms with Gasteiger partial charge in [0, 0.05) is 0 Å². The molecule has 2 N–H and O–H groups in total. The van der Waals surface area contributed by atoms with Crippen LogP contribution in [0.1, 0.15) is 6.92 Å². The van der Waals surface area contributed by atoms with Gasteiger partial charge in [0.15, 0.2) is 4.87 Å². The standard InChI is InChI=1S/C4H9NO2S.ClH/c1-4(5,8)3(6)7-2;/h8H,5H2,1-2H3;1H. The van der Waals surface area contributed by atoms with Gasteiger partial charge < -0.3 is 10.5 Å². The third-order valence-corrected chi connectivity index (χ3v) is 0.781. The van der Waals surface area contributed by atoms with Crippen molar-refractivity contribution in [1.82, 2.24) is 0 Å². The first kappa shape index (κ1) is 11.8. The number of hydrogen-bond acceptors (Lipinski definition) is 4. The zero-order valence-electron chi connectivity index (χ0n) is 5.25. The molecule has 1 atom stereocenters. The average Bonchev–Trinajstić information content (AvgIpc) is 1.62. The number of ether oxygens (including phenoxy) is 1. The smallest absolute Gasteiger partial charge is 0.335 e. The number of nitrogens with two attached hydrogens (primary N) is 1. The fourth-order valence-corrected chi connectivity index (χ4v) is 0.298. The Morgan fingerprint density at radius 3 is 2.11 bits per heavy atom. The molecule has 5 heteroatoms. The molecule has 56 valence electrons. The first-order valence-electron chi connectivity index (χ1n) is 2.08. The number of halogens is 1. The van der Waals surface area contributed by atoms with Crippen molar-refractivity contribution in [1.29, 1.82) is 0 Å². The summed E-state index contributed by atoms with van der Waals surface area (Å²) in [6.45, 7) is 1.46. The molecule has 0 aromatic heterocycles. The number of hydrogen-bond donors (Lipinski definition) is 2. The Morgan fingerprint density at radius 2 is 2.11 bits per heavy atom. The van der Waals surface area contributed by atoms with E-state index in [0.29, 0.717) is 0 Å². The van der Waals surface area contributed by atoms with E-state index >= 15 is 0 Å². The van der Waals surface area contributed by atoms with Gasteiger partial charge in [-0.1, -0.05) is 0 Å². The SMILES string of the molecule is COC(=O)C(C)(N)S.Cl. The average molecular weight is 172 g/mol. The topological polar surface area (TPSA) is 52.3 Å². The van der Waals surface area contributed by atoms with Gasteiger partial charge in [0.2, 0.25) is 0 Å². The molecular weight excluding hydrogens is 162 g/mol. The highest BCUT2D eigenvalue weighted by Crippen LogP contribution is 2.04. The van der Waals surface area contributed by atoms with Crippen molar-refractivity contribution < 1.29 is 9.53 Å². The summed E-state index contributed by atoms with van der Waals surface area (Å²) in [4.78, 5) is 9.25. The molecule has 0 fully saturated rings. The minimum atomic E-state index is -1.16. The highest BCUT2D eigenvalue weighted by atomic mass is 35.5. The number of carbonyl (C=O) groups is 1. The van der Waals surface area contributed by atoms with Crippen LogP contribution in [0.3, 0.4) is 0 Å². The van der Waals surface area contributed by atoms with Crippen LogP contribution in [0.15, 0.2) is 0 Å². The molecule has 0 amide bonds. The van der Waals surface area contributed by atoms with Crippen LogP contribution in [0.25, 0.3) is 0 Å². The minimum absolute atomic E-state index is 0. The summed E-state index contributed by atoms with van der Waals surface area (Å²) < 4.78 is 4.27. The fourth-order valence-electron chi connectivity index (χ4n) is 0.207. The van der Waals surface area contributed by atoms with Crippen molar-refractivity contribution >= 4 is 31.0 Å². The molecule has 0 saturated heterocycles. The van der Waals surface area contributed by atoms with E-state index in [1.54, 1.807) is 0 Å². The van der Waals surface area contributed by atoms with Gasteiger partial charge in [0.05, 0.1) is 7.11 Å². The number of thiol groups is 1. The monoisotopic (exact) mass is 171 g/mol. The Bertz CT molecular complexity index is 101. The van der Waals surface area contributed by atoms with Gasteiger partial charge >= 0.3 is 5.97 Å². The summed E-state index contributed by atoms with van der Waals surface area (Å²) in [5.41, 5.74) is 5.18. The van der Waals surface area contributed by atoms with E-state index in [-0.39, 0.29) is 12.4 Å². The fraction of sp³-hybridized carbons (Fsp3) is 0.750. The molecular formula is C4H10ClNO2S. The van der Waals surface area contributed by atoms with E-state index in [4.69, 9.17) is 5.73 Å². The quantitative estimate of drug-likeness (QED) is 0.337. The lowest BCUT2D eigenvalue weighted by molar-refractivity contribution is -0.142. The second kappa shape index (κ2) is 3.98. The molecule has 0 aliphatic carbocycles. The molecule has 0 spiro atoms. The lowest BCUT2D eigenvalue weighted by Crippen LogP contribution is -2.39. The number of methoxy groups -OCH3 is 1. The molecule has 0 radical (unpaired) electrons. The Morgan fingerprint density at radius 1 is 1.78 bits per heavy atom. The molecule has 1 unspecified atom stereocenters. The molecule has 0 heterocycles. The van der Waals surface area contributed by atoms with Gasteiger partial charge in [0.1, 0.15) is 0 Å². The van der Waals surface area contributed by atoms with Gasteiger partial charge in [0.25, 0.3) is 0 Å². The summed E-state index contributed by atoms with van der Waals surface area (Å²) in [7, 11) is 1.27. The van der Waals surface area contributed by atoms with Crippen LogP contribution in [-0.2, 0) is 9.53 Å². The molecule has 0 aromatic rings. The van der Waals surface area contributed by atoms with E-state index in [2.05, 4.69) is 17.4 Å². The van der Waals surface area contributed by atoms with E-state index in [0.717, 1.165) is 0 Å². The van der Waals surface area contributed by atoms with Crippen molar-refractivity contribution in [2.24, 2.45) is 5.73 Å². The molecule has 0 aromatic carbocycles. The Labute approximate surface area is 65.8 Å². The van der Waals surface area contributed by atoms with Crippen LogP contribution < -0.4 is 5.73 Å². The number of carbonyl (C=O) groups excluding carboxylic acids is 1. The first-order chi connectivity index (χ1) is 3.48. The van der Waals surface area contributed by atoms with E-state index < -0.39 is 10.8 Å². The third kappa shape index (κ3) is 4.57. The van der Waals surface area contributed by atoms with Crippen molar-refractivity contribution in [3.63, 3.8) is 0 Å². The second-order valence-corrected chi connectivity index (χ2v) is 2.57. The second-order valence-electron chi connectivity index (χ2n) is 1.64. The highest BCUT2D eigenvalue weighted by molar-refractivity contribution is 7.82. The lowest BCUT2D eigenvalue weighted by Gasteiger charge is -2.12. The molecule has 0 bridgehead atoms. The van der Waals surface area contributed by atoms with Gasteiger partial charge in [-0.25, -0.2) is 4.79 Å². The number of esters is 1. The van der Waals surface area contributed by atoms with Crippen LogP contribution >= 0.6 is 25.0 Å². The van der Waals surface area contributed by atoms with Crippen molar-refractivity contribution in [2.45, 2.75) is 11.8 Å². The zero-order valence-corrected chi connectivity index (χ0v) is 6.96. The maximum atomic E-state index is 10.4. The molecule has 0 saturated carbocycles. The predicted octanol–water partition coefficient (Wildman–Crippen LogP) is 0.186. The molecule has 0 aliphatic heterocycles. The maximum absolute atomic E-state index is 10.4. The summed E-state index contributed by atoms with van der Waals surface area (Å²) in [5.74, 6) is -0.527. The molecule has 9 heavy (non-hydrogen) atoms. The number of rotatable bonds is 1. The molecule has 0 rings (SSSR count). The summed E-state index contributed by atoms with van der Waals surface area (Å²) in [6.07, 6.45) is 0. The zero-order chi connectivity index (χ0) is 6.78. The first-order valence-corrected chi connectivity index (χ1v) is 2.53. The van der Waals surface area contributed by atoms with Gasteiger partial charge in [-0.05, 0) is 6.92 Å². The van der Waals surface area contributed by atoms with Crippen LogP contribution in [0.4, 0.5) is 0 Å². The maximum Gasteiger partial charge on any atom is 0.335 e. The van der Waals surface area contributed by atoms with E-state index in [1.807, 2.05) is 0 Å². The van der Waals surface area contributed by atoms with Crippen LogP contribution in [-0.4, -0.2) is 18.0 Å². The Hall–Kier alpha value is 0.0700. The summed E-state index contributed by atoms with van der Waals surface area (Å²) in [5, 5.41) is 0. The third-order valence-electron chi connectivity index (χ3n) is 0.599. The largest absolute Gasteiger partial charge is 0.467 e. The van der Waals surface area contributed by atoms with Crippen molar-refractivity contribution in [3.8, 4) is 0 Å². The van der Waals surface area contributed by atoms with E-state index in [1.165, 1.54) is 14.0 Å². The molecule has 0 aliphatic rings. The van der Waals surface area contributed by atoms with Crippen molar-refractivity contribution in [2.75, 3.05) is 7.11 Å². The van der Waals surface area contributed by atoms with Crippen LogP contribution in [0.2, 0.25) is 0 Å². The van der Waals surface area contributed by atoms with Gasteiger partial charge in [-0.15, -0.1) is 25.0 Å². The summed E-state index contributed by atoms with van der Waals surface area (Å²) >= 11 is 3.73. The Balaban J connectivity index is 0. The van der Waals surface area contributed by atoms with Gasteiger partial charge in [-0.2, -0.15) is 0 Å². The van der Waals surface area contributed by atoms with Crippen LogP contribution in [0, 0.1) is 0 Å². The van der Waals surface area contributed by atoms with Gasteiger partial charge in [-0.3, -0.25) is 0 Å². The Kier molecular flexibility index (Phi) is 5.22.